The molecule has 2 rings (SSSR count). The van der Waals surface area contributed by atoms with Crippen molar-refractivity contribution in [2.24, 2.45) is 0 Å². The van der Waals surface area contributed by atoms with Crippen LogP contribution in [-0.4, -0.2) is 30.2 Å². The minimum atomic E-state index is -1.47. The third kappa shape index (κ3) is 2.82. The van der Waals surface area contributed by atoms with E-state index in [1.807, 2.05) is 0 Å². The van der Waals surface area contributed by atoms with Gasteiger partial charge in [-0.1, -0.05) is 6.07 Å². The van der Waals surface area contributed by atoms with Gasteiger partial charge in [0.15, 0.2) is 0 Å². The van der Waals surface area contributed by atoms with Crippen LogP contribution >= 0.6 is 0 Å². The lowest BCUT2D eigenvalue weighted by molar-refractivity contribution is -0.117. The minimum absolute atomic E-state index is 0.0909. The molecular weight excluding hydrogens is 257 g/mol. The Labute approximate surface area is 107 Å². The average Bonchev–Trinajstić information content (AvgIpc) is 2.39. The smallest absolute Gasteiger partial charge is 0.340 e. The second-order valence-corrected chi connectivity index (χ2v) is 3.62. The Morgan fingerprint density at radius 1 is 1.32 bits per heavy atom. The SMILES string of the molecule is O=C(Nc1cccc(F)c1C(=O)O)C1=COCCO1. The molecule has 0 radical (unpaired) electrons. The zero-order valence-corrected chi connectivity index (χ0v) is 9.68. The molecule has 0 atom stereocenters. The molecule has 1 aromatic rings. The summed E-state index contributed by atoms with van der Waals surface area (Å²) < 4.78 is 23.3. The number of ether oxygens (including phenoxy) is 2. The van der Waals surface area contributed by atoms with E-state index in [9.17, 15) is 14.0 Å². The summed E-state index contributed by atoms with van der Waals surface area (Å²) in [5.41, 5.74) is -0.749. The normalized spacial score (nSPS) is 13.8. The second-order valence-electron chi connectivity index (χ2n) is 3.62. The molecule has 0 saturated carbocycles. The van der Waals surface area contributed by atoms with E-state index in [-0.39, 0.29) is 18.1 Å². The fourth-order valence-corrected chi connectivity index (χ4v) is 1.52. The van der Waals surface area contributed by atoms with Crippen molar-refractivity contribution in [2.45, 2.75) is 0 Å². The predicted octanol–water partition coefficient (Wildman–Crippen LogP) is 1.35. The number of carboxylic acid groups (broad SMARTS) is 1. The molecule has 0 aliphatic carbocycles. The first-order chi connectivity index (χ1) is 9.09. The van der Waals surface area contributed by atoms with Gasteiger partial charge in [0, 0.05) is 0 Å². The lowest BCUT2D eigenvalue weighted by Crippen LogP contribution is -2.22. The monoisotopic (exact) mass is 267 g/mol. The average molecular weight is 267 g/mol. The lowest BCUT2D eigenvalue weighted by Gasteiger charge is -2.15. The van der Waals surface area contributed by atoms with Gasteiger partial charge in [0.25, 0.3) is 5.91 Å². The number of rotatable bonds is 3. The fraction of sp³-hybridized carbons (Fsp3) is 0.167. The number of aromatic carboxylic acids is 1. The molecule has 2 N–H and O–H groups in total. The predicted molar refractivity (Wildman–Crippen MR) is 62.0 cm³/mol. The van der Waals surface area contributed by atoms with Gasteiger partial charge in [-0.15, -0.1) is 0 Å². The van der Waals surface area contributed by atoms with E-state index in [4.69, 9.17) is 14.6 Å². The van der Waals surface area contributed by atoms with Gasteiger partial charge in [-0.25, -0.2) is 9.18 Å². The van der Waals surface area contributed by atoms with Crippen molar-refractivity contribution >= 4 is 17.6 Å². The summed E-state index contributed by atoms with van der Waals surface area (Å²) in [6.07, 6.45) is 1.12. The van der Waals surface area contributed by atoms with Crippen molar-refractivity contribution < 1.29 is 28.6 Å². The highest BCUT2D eigenvalue weighted by molar-refractivity contribution is 6.06. The van der Waals surface area contributed by atoms with E-state index in [0.717, 1.165) is 12.3 Å². The van der Waals surface area contributed by atoms with Crippen molar-refractivity contribution in [2.75, 3.05) is 18.5 Å². The highest BCUT2D eigenvalue weighted by Crippen LogP contribution is 2.20. The second kappa shape index (κ2) is 5.38. The third-order valence-corrected chi connectivity index (χ3v) is 2.35. The summed E-state index contributed by atoms with van der Waals surface area (Å²) in [6.45, 7) is 0.547. The first-order valence-corrected chi connectivity index (χ1v) is 5.37. The largest absolute Gasteiger partial charge is 0.494 e. The Kier molecular flexibility index (Phi) is 3.65. The Morgan fingerprint density at radius 3 is 2.74 bits per heavy atom. The van der Waals surface area contributed by atoms with Crippen molar-refractivity contribution in [3.63, 3.8) is 0 Å². The molecule has 0 saturated heterocycles. The number of amides is 1. The van der Waals surface area contributed by atoms with Gasteiger partial charge in [0.2, 0.25) is 5.76 Å². The van der Waals surface area contributed by atoms with Gasteiger partial charge in [0.1, 0.15) is 30.9 Å². The van der Waals surface area contributed by atoms with Crippen LogP contribution in [0.4, 0.5) is 10.1 Å². The van der Waals surface area contributed by atoms with Crippen LogP contribution in [0.15, 0.2) is 30.2 Å². The maximum absolute atomic E-state index is 13.4. The number of halogens is 1. The molecule has 0 unspecified atom stereocenters. The van der Waals surface area contributed by atoms with E-state index < -0.39 is 23.3 Å². The molecule has 0 aromatic heterocycles. The van der Waals surface area contributed by atoms with Crippen LogP contribution in [0.2, 0.25) is 0 Å². The van der Waals surface area contributed by atoms with E-state index in [1.54, 1.807) is 0 Å². The summed E-state index contributed by atoms with van der Waals surface area (Å²) in [5.74, 6) is -3.19. The Morgan fingerprint density at radius 2 is 2.11 bits per heavy atom. The van der Waals surface area contributed by atoms with E-state index in [0.29, 0.717) is 6.61 Å². The molecule has 1 amide bonds. The topological polar surface area (TPSA) is 84.9 Å². The number of carboxylic acids is 1. The number of benzene rings is 1. The molecule has 1 aliphatic heterocycles. The van der Waals surface area contributed by atoms with Crippen LogP contribution in [0.1, 0.15) is 10.4 Å². The van der Waals surface area contributed by atoms with Gasteiger partial charge < -0.3 is 19.9 Å². The molecule has 6 nitrogen and oxygen atoms in total. The Hall–Kier alpha value is -2.57. The van der Waals surface area contributed by atoms with Crippen molar-refractivity contribution in [3.8, 4) is 0 Å². The Balaban J connectivity index is 2.24. The number of carbonyl (C=O) groups is 2. The zero-order chi connectivity index (χ0) is 13.8. The highest BCUT2D eigenvalue weighted by atomic mass is 19.1. The summed E-state index contributed by atoms with van der Waals surface area (Å²) in [4.78, 5) is 22.7. The van der Waals surface area contributed by atoms with E-state index in [2.05, 4.69) is 5.32 Å². The molecule has 1 aromatic carbocycles. The molecule has 100 valence electrons. The van der Waals surface area contributed by atoms with Gasteiger partial charge in [-0.3, -0.25) is 4.79 Å². The minimum Gasteiger partial charge on any atom is -0.494 e. The molecule has 0 fully saturated rings. The van der Waals surface area contributed by atoms with Crippen LogP contribution in [-0.2, 0) is 14.3 Å². The molecule has 1 heterocycles. The number of hydrogen-bond donors (Lipinski definition) is 2. The third-order valence-electron chi connectivity index (χ3n) is 2.35. The quantitative estimate of drug-likeness (QED) is 0.863. The van der Waals surface area contributed by atoms with Gasteiger partial charge in [-0.2, -0.15) is 0 Å². The molecule has 0 bridgehead atoms. The lowest BCUT2D eigenvalue weighted by atomic mass is 10.1. The standard InChI is InChI=1S/C12H10FNO5/c13-7-2-1-3-8(10(7)12(16)17)14-11(15)9-6-18-4-5-19-9/h1-3,6H,4-5H2,(H,14,15)(H,16,17). The summed E-state index contributed by atoms with van der Waals surface area (Å²) in [5, 5.41) is 11.2. The maximum atomic E-state index is 13.4. The summed E-state index contributed by atoms with van der Waals surface area (Å²) >= 11 is 0. The van der Waals surface area contributed by atoms with Gasteiger partial charge >= 0.3 is 5.97 Å². The fourth-order valence-electron chi connectivity index (χ4n) is 1.52. The van der Waals surface area contributed by atoms with Crippen molar-refractivity contribution in [1.82, 2.24) is 0 Å². The number of nitrogens with one attached hydrogen (secondary N) is 1. The number of hydrogen-bond acceptors (Lipinski definition) is 4. The van der Waals surface area contributed by atoms with E-state index >= 15 is 0 Å². The number of anilines is 1. The van der Waals surface area contributed by atoms with Crippen LogP contribution in [0.5, 0.6) is 0 Å². The van der Waals surface area contributed by atoms with Crippen LogP contribution in [0.25, 0.3) is 0 Å². The summed E-state index contributed by atoms with van der Waals surface area (Å²) in [6, 6.07) is 3.58. The molecule has 7 heteroatoms. The van der Waals surface area contributed by atoms with Crippen molar-refractivity contribution in [3.05, 3.63) is 41.6 Å². The first kappa shape index (κ1) is 12.9. The van der Waals surface area contributed by atoms with E-state index in [1.165, 1.54) is 12.1 Å². The zero-order valence-electron chi connectivity index (χ0n) is 9.68. The Bertz CT molecular complexity index is 555. The van der Waals surface area contributed by atoms with Gasteiger partial charge in [0.05, 0.1) is 5.69 Å². The molecule has 0 spiro atoms. The molecule has 1 aliphatic rings. The van der Waals surface area contributed by atoms with Crippen LogP contribution in [0, 0.1) is 5.82 Å². The summed E-state index contributed by atoms with van der Waals surface area (Å²) in [7, 11) is 0. The van der Waals surface area contributed by atoms with Crippen molar-refractivity contribution in [1.29, 1.82) is 0 Å². The maximum Gasteiger partial charge on any atom is 0.340 e. The number of carbonyl (C=O) groups excluding carboxylic acids is 1. The van der Waals surface area contributed by atoms with Gasteiger partial charge in [-0.05, 0) is 12.1 Å². The molecule has 19 heavy (non-hydrogen) atoms. The first-order valence-electron chi connectivity index (χ1n) is 5.37. The highest BCUT2D eigenvalue weighted by Gasteiger charge is 2.20. The van der Waals surface area contributed by atoms with Crippen LogP contribution < -0.4 is 5.32 Å². The van der Waals surface area contributed by atoms with Crippen LogP contribution in [0.3, 0.4) is 0 Å². The molecular formula is C12H10FNO5.